The van der Waals surface area contributed by atoms with Gasteiger partial charge >= 0.3 is 0 Å². The van der Waals surface area contributed by atoms with Crippen LogP contribution in [0.25, 0.3) is 0 Å². The van der Waals surface area contributed by atoms with Crippen LogP contribution in [-0.4, -0.2) is 26.8 Å². The maximum absolute atomic E-state index is 11.7. The molecule has 2 aromatic rings. The zero-order valence-electron chi connectivity index (χ0n) is 9.79. The highest BCUT2D eigenvalue weighted by atomic mass is 35.5. The summed E-state index contributed by atoms with van der Waals surface area (Å²) in [6.07, 6.45) is 1.31. The molecule has 1 aromatic carbocycles. The van der Waals surface area contributed by atoms with Gasteiger partial charge in [-0.25, -0.2) is 5.43 Å². The molecule has 0 atom stereocenters. The number of hydrogen-bond donors (Lipinski definition) is 2. The number of hydrazone groups is 1. The third kappa shape index (κ3) is 3.27. The van der Waals surface area contributed by atoms with Crippen molar-refractivity contribution in [1.82, 2.24) is 15.0 Å². The van der Waals surface area contributed by atoms with E-state index in [4.69, 9.17) is 11.6 Å². The zero-order valence-corrected chi connectivity index (χ0v) is 11.4. The van der Waals surface area contributed by atoms with E-state index in [1.165, 1.54) is 18.3 Å². The van der Waals surface area contributed by atoms with Crippen molar-refractivity contribution in [2.45, 2.75) is 6.92 Å². The molecular formula is C11H9ClN4O2S. The first kappa shape index (κ1) is 13.4. The molecule has 0 bridgehead atoms. The minimum Gasteiger partial charge on any atom is -0.507 e. The van der Waals surface area contributed by atoms with Gasteiger partial charge in [-0.3, -0.25) is 4.79 Å². The van der Waals surface area contributed by atoms with Gasteiger partial charge in [0.05, 0.1) is 11.9 Å². The number of nitrogens with zero attached hydrogens (tertiary/aromatic N) is 3. The van der Waals surface area contributed by atoms with Gasteiger partial charge in [0.15, 0.2) is 0 Å². The van der Waals surface area contributed by atoms with Crippen molar-refractivity contribution in [3.63, 3.8) is 0 Å². The Morgan fingerprint density at radius 2 is 2.37 bits per heavy atom. The Hall–Kier alpha value is -1.99. The summed E-state index contributed by atoms with van der Waals surface area (Å²) < 4.78 is 3.66. The van der Waals surface area contributed by atoms with E-state index in [1.807, 2.05) is 0 Å². The normalized spacial score (nSPS) is 10.8. The van der Waals surface area contributed by atoms with Crippen molar-refractivity contribution in [3.8, 4) is 5.75 Å². The maximum atomic E-state index is 11.7. The Labute approximate surface area is 117 Å². The van der Waals surface area contributed by atoms with E-state index in [-0.39, 0.29) is 5.75 Å². The highest BCUT2D eigenvalue weighted by molar-refractivity contribution is 7.07. The number of aryl methyl sites for hydroxylation is 1. The lowest BCUT2D eigenvalue weighted by atomic mass is 10.2. The van der Waals surface area contributed by atoms with Gasteiger partial charge in [-0.05, 0) is 36.7 Å². The van der Waals surface area contributed by atoms with Crippen molar-refractivity contribution in [2.24, 2.45) is 5.10 Å². The van der Waals surface area contributed by atoms with E-state index in [9.17, 15) is 9.90 Å². The summed E-state index contributed by atoms with van der Waals surface area (Å²) >= 11 is 6.78. The molecule has 0 fully saturated rings. The number of carbonyl (C=O) groups is 1. The van der Waals surface area contributed by atoms with Crippen LogP contribution < -0.4 is 5.43 Å². The molecule has 0 radical (unpaired) electrons. The van der Waals surface area contributed by atoms with E-state index < -0.39 is 5.91 Å². The summed E-state index contributed by atoms with van der Waals surface area (Å²) in [4.78, 5) is 12.1. The minimum atomic E-state index is -0.398. The highest BCUT2D eigenvalue weighted by Gasteiger charge is 2.11. The summed E-state index contributed by atoms with van der Waals surface area (Å²) in [5, 5.41) is 17.5. The van der Waals surface area contributed by atoms with Gasteiger partial charge in [0, 0.05) is 10.6 Å². The van der Waals surface area contributed by atoms with Crippen molar-refractivity contribution in [3.05, 3.63) is 39.4 Å². The molecule has 0 aliphatic rings. The van der Waals surface area contributed by atoms with Crippen LogP contribution in [0, 0.1) is 6.92 Å². The van der Waals surface area contributed by atoms with Gasteiger partial charge in [0.25, 0.3) is 5.91 Å². The molecule has 0 spiro atoms. The molecular weight excluding hydrogens is 288 g/mol. The van der Waals surface area contributed by atoms with Gasteiger partial charge in [-0.1, -0.05) is 16.1 Å². The van der Waals surface area contributed by atoms with Gasteiger partial charge in [-0.2, -0.15) is 5.10 Å². The second-order valence-corrected chi connectivity index (χ2v) is 4.78. The molecule has 98 valence electrons. The Bertz CT molecular complexity index is 641. The summed E-state index contributed by atoms with van der Waals surface area (Å²) in [6.45, 7) is 1.69. The number of hydrogen-bond acceptors (Lipinski definition) is 6. The van der Waals surface area contributed by atoms with Gasteiger partial charge in [0.2, 0.25) is 0 Å². The van der Waals surface area contributed by atoms with Gasteiger partial charge in [0.1, 0.15) is 10.6 Å². The van der Waals surface area contributed by atoms with Crippen molar-refractivity contribution >= 4 is 35.3 Å². The fraction of sp³-hybridized carbons (Fsp3) is 0.0909. The number of aromatic hydroxyl groups is 1. The Balaban J connectivity index is 2.06. The number of rotatable bonds is 3. The molecule has 6 nitrogen and oxygen atoms in total. The number of nitrogens with one attached hydrogen (secondary N) is 1. The molecule has 0 aliphatic carbocycles. The summed E-state index contributed by atoms with van der Waals surface area (Å²) in [5.41, 5.74) is 3.28. The van der Waals surface area contributed by atoms with Crippen LogP contribution in [0.2, 0.25) is 5.02 Å². The zero-order chi connectivity index (χ0) is 13.8. The molecule has 19 heavy (non-hydrogen) atoms. The van der Waals surface area contributed by atoms with Crippen LogP contribution in [0.5, 0.6) is 5.75 Å². The lowest BCUT2D eigenvalue weighted by Gasteiger charge is -1.99. The van der Waals surface area contributed by atoms with Crippen molar-refractivity contribution in [2.75, 3.05) is 0 Å². The fourth-order valence-corrected chi connectivity index (χ4v) is 2.01. The van der Waals surface area contributed by atoms with Crippen LogP contribution in [-0.2, 0) is 0 Å². The molecule has 0 unspecified atom stereocenters. The number of phenols is 1. The van der Waals surface area contributed by atoms with Crippen LogP contribution in [0.15, 0.2) is 23.3 Å². The third-order valence-corrected chi connectivity index (χ3v) is 3.28. The third-order valence-electron chi connectivity index (χ3n) is 2.22. The monoisotopic (exact) mass is 296 g/mol. The molecule has 1 heterocycles. The number of phenolic OH excluding ortho intramolecular Hbond substituents is 1. The quantitative estimate of drug-likeness (QED) is 0.669. The van der Waals surface area contributed by atoms with Gasteiger partial charge < -0.3 is 5.11 Å². The smallest absolute Gasteiger partial charge is 0.285 e. The largest absolute Gasteiger partial charge is 0.507 e. The average Bonchev–Trinajstić information content (AvgIpc) is 2.80. The first-order valence-corrected chi connectivity index (χ1v) is 6.34. The summed E-state index contributed by atoms with van der Waals surface area (Å²) in [6, 6.07) is 4.54. The first-order chi connectivity index (χ1) is 9.08. The Morgan fingerprint density at radius 3 is 3.05 bits per heavy atom. The lowest BCUT2D eigenvalue weighted by Crippen LogP contribution is -2.17. The average molecular weight is 297 g/mol. The number of halogens is 1. The second-order valence-electron chi connectivity index (χ2n) is 3.59. The predicted molar refractivity (Wildman–Crippen MR) is 72.8 cm³/mol. The SMILES string of the molecule is Cc1nnsc1C(=O)N/N=C/c1cc(Cl)ccc1O. The number of amides is 1. The molecule has 0 saturated heterocycles. The molecule has 2 rings (SSSR count). The topological polar surface area (TPSA) is 87.5 Å². The molecule has 1 aromatic heterocycles. The number of carbonyl (C=O) groups excluding carboxylic acids is 1. The van der Waals surface area contributed by atoms with Crippen molar-refractivity contribution in [1.29, 1.82) is 0 Å². The number of aromatic nitrogens is 2. The Kier molecular flexibility index (Phi) is 4.08. The summed E-state index contributed by atoms with van der Waals surface area (Å²) in [5.74, 6) is -0.372. The van der Waals surface area contributed by atoms with E-state index in [2.05, 4.69) is 20.1 Å². The van der Waals surface area contributed by atoms with Crippen molar-refractivity contribution < 1.29 is 9.90 Å². The first-order valence-electron chi connectivity index (χ1n) is 5.19. The standard InChI is InChI=1S/C11H9ClN4O2S/c1-6-10(19-16-14-6)11(18)15-13-5-7-4-8(12)2-3-9(7)17/h2-5,17H,1H3,(H,15,18)/b13-5+. The fourth-order valence-electron chi connectivity index (χ4n) is 1.28. The molecule has 8 heteroatoms. The van der Waals surface area contributed by atoms with Crippen LogP contribution in [0.4, 0.5) is 0 Å². The van der Waals surface area contributed by atoms with Crippen LogP contribution >= 0.6 is 23.1 Å². The Morgan fingerprint density at radius 1 is 1.58 bits per heavy atom. The minimum absolute atomic E-state index is 0.0260. The molecule has 0 aliphatic heterocycles. The molecule has 1 amide bonds. The second kappa shape index (κ2) is 5.77. The predicted octanol–water partition coefficient (Wildman–Crippen LogP) is 1.97. The molecule has 0 saturated carbocycles. The lowest BCUT2D eigenvalue weighted by molar-refractivity contribution is 0.0958. The van der Waals surface area contributed by atoms with Crippen LogP contribution in [0.3, 0.4) is 0 Å². The van der Waals surface area contributed by atoms with E-state index in [1.54, 1.807) is 13.0 Å². The number of benzene rings is 1. The van der Waals surface area contributed by atoms with E-state index in [0.29, 0.717) is 21.2 Å². The van der Waals surface area contributed by atoms with E-state index >= 15 is 0 Å². The maximum Gasteiger partial charge on any atom is 0.285 e. The molecule has 2 N–H and O–H groups in total. The highest BCUT2D eigenvalue weighted by Crippen LogP contribution is 2.19. The van der Waals surface area contributed by atoms with E-state index in [0.717, 1.165) is 11.5 Å². The van der Waals surface area contributed by atoms with Gasteiger partial charge in [-0.15, -0.1) is 5.10 Å². The van der Waals surface area contributed by atoms with Crippen LogP contribution in [0.1, 0.15) is 20.9 Å². The summed E-state index contributed by atoms with van der Waals surface area (Å²) in [7, 11) is 0.